The van der Waals surface area contributed by atoms with E-state index >= 15 is 0 Å². The lowest BCUT2D eigenvalue weighted by Gasteiger charge is -2.29. The molecule has 0 radical (unpaired) electrons. The topological polar surface area (TPSA) is 109 Å². The zero-order valence-electron chi connectivity index (χ0n) is 18.4. The summed E-state index contributed by atoms with van der Waals surface area (Å²) in [4.78, 5) is 16.7. The van der Waals surface area contributed by atoms with E-state index < -0.39 is 10.0 Å². The highest BCUT2D eigenvalue weighted by molar-refractivity contribution is 7.89. The summed E-state index contributed by atoms with van der Waals surface area (Å²) in [5.74, 6) is -0.258. The molecular weight excluding hydrogens is 435 g/mol. The first-order valence-electron chi connectivity index (χ1n) is 10.5. The molecule has 3 rings (SSSR count). The van der Waals surface area contributed by atoms with Gasteiger partial charge in [0.1, 0.15) is 10.7 Å². The molecule has 1 fully saturated rings. The molecule has 8 nitrogen and oxygen atoms in total. The van der Waals surface area contributed by atoms with E-state index in [1.807, 2.05) is 6.92 Å². The van der Waals surface area contributed by atoms with E-state index in [1.165, 1.54) is 31.5 Å². The summed E-state index contributed by atoms with van der Waals surface area (Å²) in [6.07, 6.45) is 3.54. The number of rotatable bonds is 8. The van der Waals surface area contributed by atoms with Crippen LogP contribution in [-0.2, 0) is 14.8 Å². The molecule has 1 amide bonds. The van der Waals surface area contributed by atoms with Crippen molar-refractivity contribution in [1.29, 1.82) is 0 Å². The van der Waals surface area contributed by atoms with Crippen LogP contribution < -0.4 is 20.1 Å². The third-order valence-corrected chi connectivity index (χ3v) is 7.24. The molecule has 32 heavy (non-hydrogen) atoms. The Bertz CT molecular complexity index is 1040. The summed E-state index contributed by atoms with van der Waals surface area (Å²) in [5, 5.41) is 5.84. The lowest BCUT2D eigenvalue weighted by molar-refractivity contribution is -0.126. The zero-order chi connectivity index (χ0) is 23.3. The molecule has 3 N–H and O–H groups in total. The molecular formula is C22H29FN4O4S. The number of anilines is 1. The Balaban J connectivity index is 1.55. The van der Waals surface area contributed by atoms with Crippen LogP contribution in [0.2, 0.25) is 0 Å². The number of ether oxygens (including phenoxy) is 1. The number of amides is 1. The quantitative estimate of drug-likeness (QED) is 0.554. The van der Waals surface area contributed by atoms with E-state index in [4.69, 9.17) is 4.74 Å². The largest absolute Gasteiger partial charge is 0.480 e. The summed E-state index contributed by atoms with van der Waals surface area (Å²) < 4.78 is 46.5. The molecule has 1 atom stereocenters. The van der Waals surface area contributed by atoms with Crippen LogP contribution in [0.3, 0.4) is 0 Å². The smallest absolute Gasteiger partial charge is 0.242 e. The number of pyridine rings is 1. The van der Waals surface area contributed by atoms with Crippen LogP contribution >= 0.6 is 0 Å². The van der Waals surface area contributed by atoms with Crippen molar-refractivity contribution in [2.75, 3.05) is 19.5 Å². The summed E-state index contributed by atoms with van der Waals surface area (Å²) in [7, 11) is -0.631. The molecule has 0 unspecified atom stereocenters. The van der Waals surface area contributed by atoms with Crippen molar-refractivity contribution in [3.8, 4) is 5.88 Å². The molecule has 1 aliphatic carbocycles. The number of carbonyl (C=O) groups is 1. The number of sulfonamides is 1. The Labute approximate surface area is 188 Å². The number of hydrogen-bond donors (Lipinski definition) is 3. The lowest BCUT2D eigenvalue weighted by Crippen LogP contribution is -2.41. The van der Waals surface area contributed by atoms with Gasteiger partial charge in [-0.15, -0.1) is 0 Å². The predicted molar refractivity (Wildman–Crippen MR) is 119 cm³/mol. The normalized spacial score (nSPS) is 19.8. The molecule has 1 saturated carbocycles. The fourth-order valence-electron chi connectivity index (χ4n) is 3.85. The minimum absolute atomic E-state index is 0.0515. The predicted octanol–water partition coefficient (Wildman–Crippen LogP) is 2.99. The summed E-state index contributed by atoms with van der Waals surface area (Å²) in [5.41, 5.74) is 1.31. The monoisotopic (exact) mass is 464 g/mol. The fourth-order valence-corrected chi connectivity index (χ4v) is 5.12. The van der Waals surface area contributed by atoms with Gasteiger partial charge in [0.05, 0.1) is 25.0 Å². The van der Waals surface area contributed by atoms with Gasteiger partial charge >= 0.3 is 0 Å². The molecule has 1 aromatic carbocycles. The number of methoxy groups -OCH3 is 1. The Morgan fingerprint density at radius 3 is 2.44 bits per heavy atom. The van der Waals surface area contributed by atoms with Crippen molar-refractivity contribution in [1.82, 2.24) is 15.0 Å². The number of nitrogens with one attached hydrogen (secondary N) is 3. The van der Waals surface area contributed by atoms with Gasteiger partial charge in [-0.1, -0.05) is 12.1 Å². The van der Waals surface area contributed by atoms with Crippen molar-refractivity contribution in [3.63, 3.8) is 0 Å². The Hall–Kier alpha value is -2.72. The third-order valence-electron chi connectivity index (χ3n) is 5.75. The first kappa shape index (κ1) is 23.9. The number of halogens is 1. The summed E-state index contributed by atoms with van der Waals surface area (Å²) in [6.45, 7) is 1.85. The molecule has 0 bridgehead atoms. The molecule has 0 aliphatic heterocycles. The zero-order valence-corrected chi connectivity index (χ0v) is 19.2. The first-order valence-corrected chi connectivity index (χ1v) is 12.0. The van der Waals surface area contributed by atoms with Crippen LogP contribution in [0.5, 0.6) is 5.88 Å². The lowest BCUT2D eigenvalue weighted by atomic mass is 9.85. The van der Waals surface area contributed by atoms with E-state index in [0.717, 1.165) is 5.56 Å². The van der Waals surface area contributed by atoms with Gasteiger partial charge in [0.25, 0.3) is 0 Å². The molecule has 0 saturated heterocycles. The van der Waals surface area contributed by atoms with Gasteiger partial charge in [-0.05, 0) is 56.4 Å². The van der Waals surface area contributed by atoms with Gasteiger partial charge in [0, 0.05) is 19.0 Å². The molecule has 174 valence electrons. The van der Waals surface area contributed by atoms with E-state index in [-0.39, 0.29) is 34.6 Å². The summed E-state index contributed by atoms with van der Waals surface area (Å²) >= 11 is 0. The van der Waals surface area contributed by atoms with Crippen molar-refractivity contribution in [2.24, 2.45) is 5.92 Å². The van der Waals surface area contributed by atoms with Crippen molar-refractivity contribution < 1.29 is 22.3 Å². The van der Waals surface area contributed by atoms with Crippen LogP contribution in [0.4, 0.5) is 10.1 Å². The van der Waals surface area contributed by atoms with Crippen LogP contribution in [0.1, 0.15) is 44.2 Å². The number of carbonyl (C=O) groups excluding carboxylic acids is 1. The van der Waals surface area contributed by atoms with Gasteiger partial charge in [0.15, 0.2) is 0 Å². The molecule has 1 aromatic heterocycles. The van der Waals surface area contributed by atoms with Crippen LogP contribution in [0.25, 0.3) is 0 Å². The molecule has 1 heterocycles. The minimum atomic E-state index is -3.75. The second-order valence-corrected chi connectivity index (χ2v) is 9.64. The van der Waals surface area contributed by atoms with Gasteiger partial charge in [0.2, 0.25) is 21.8 Å². The van der Waals surface area contributed by atoms with Gasteiger partial charge in [-0.3, -0.25) is 4.79 Å². The van der Waals surface area contributed by atoms with Crippen LogP contribution in [-0.4, -0.2) is 39.5 Å². The third kappa shape index (κ3) is 5.74. The van der Waals surface area contributed by atoms with Crippen LogP contribution in [0.15, 0.2) is 41.4 Å². The maximum Gasteiger partial charge on any atom is 0.242 e. The highest BCUT2D eigenvalue weighted by Gasteiger charge is 2.30. The fraction of sp³-hybridized carbons (Fsp3) is 0.455. The second-order valence-electron chi connectivity index (χ2n) is 7.93. The number of hydrogen-bond acceptors (Lipinski definition) is 6. The number of aromatic nitrogens is 1. The average Bonchev–Trinajstić information content (AvgIpc) is 2.79. The second kappa shape index (κ2) is 10.3. The van der Waals surface area contributed by atoms with Crippen LogP contribution in [0, 0.1) is 11.7 Å². The maximum atomic E-state index is 13.1. The Kier molecular flexibility index (Phi) is 7.68. The highest BCUT2D eigenvalue weighted by atomic mass is 32.2. The van der Waals surface area contributed by atoms with E-state index in [2.05, 4.69) is 20.3 Å². The Morgan fingerprint density at radius 2 is 1.84 bits per heavy atom. The average molecular weight is 465 g/mol. The van der Waals surface area contributed by atoms with Gasteiger partial charge < -0.3 is 15.4 Å². The Morgan fingerprint density at radius 1 is 1.19 bits per heavy atom. The number of benzene rings is 1. The van der Waals surface area contributed by atoms with Gasteiger partial charge in [-0.2, -0.15) is 0 Å². The SMILES string of the molecule is CNc1cc(S(=O)(=O)N[C@H]2CC[C@H](C(=O)N[C@H](C)c3ccc(F)cc3)CC2)cnc1OC. The minimum Gasteiger partial charge on any atom is -0.480 e. The summed E-state index contributed by atoms with van der Waals surface area (Å²) in [6, 6.07) is 7.03. The van der Waals surface area contributed by atoms with Crippen molar-refractivity contribution in [3.05, 3.63) is 47.9 Å². The van der Waals surface area contributed by atoms with E-state index in [1.54, 1.807) is 19.2 Å². The maximum absolute atomic E-state index is 13.1. The highest BCUT2D eigenvalue weighted by Crippen LogP contribution is 2.28. The molecule has 0 spiro atoms. The standard InChI is InChI=1S/C22H29FN4O4S/c1-14(15-4-8-17(23)9-5-15)26-21(28)16-6-10-18(11-7-16)27-32(29,30)19-12-20(24-2)22(31-3)25-13-19/h4-5,8-9,12-14,16,18,24,27H,6-7,10-11H2,1-3H3,(H,26,28)/t14-,16-,18-/m1/s1. The number of nitrogens with zero attached hydrogens (tertiary/aromatic N) is 1. The molecule has 10 heteroatoms. The van der Waals surface area contributed by atoms with Gasteiger partial charge in [-0.25, -0.2) is 22.5 Å². The molecule has 1 aliphatic rings. The van der Waals surface area contributed by atoms with E-state index in [9.17, 15) is 17.6 Å². The molecule has 2 aromatic rings. The van der Waals surface area contributed by atoms with E-state index in [0.29, 0.717) is 37.3 Å². The first-order chi connectivity index (χ1) is 15.2. The van der Waals surface area contributed by atoms with Crippen molar-refractivity contribution in [2.45, 2.75) is 49.6 Å². The van der Waals surface area contributed by atoms with Crippen molar-refractivity contribution >= 4 is 21.6 Å².